The van der Waals surface area contributed by atoms with Crippen molar-refractivity contribution in [1.29, 1.82) is 0 Å². The predicted octanol–water partition coefficient (Wildman–Crippen LogP) is -1.01. The minimum absolute atomic E-state index is 0.0913. The summed E-state index contributed by atoms with van der Waals surface area (Å²) in [6, 6.07) is 3.72. The highest BCUT2D eigenvalue weighted by molar-refractivity contribution is 5.40. The molecule has 0 bridgehead atoms. The molecule has 1 unspecified atom stereocenters. The summed E-state index contributed by atoms with van der Waals surface area (Å²) in [4.78, 5) is 0. The smallest absolute Gasteiger partial charge is 0.211 e. The monoisotopic (exact) mass is 215 g/mol. The van der Waals surface area contributed by atoms with Crippen LogP contribution in [0.15, 0.2) is 18.2 Å². The summed E-state index contributed by atoms with van der Waals surface area (Å²) in [6.07, 6.45) is -2.88. The fraction of sp³-hybridized carbons (Fsp3) is 0.333. The second-order valence-corrected chi connectivity index (χ2v) is 3.04. The molecule has 1 rings (SSSR count). The maximum Gasteiger partial charge on any atom is 0.211 e. The van der Waals surface area contributed by atoms with Crippen LogP contribution < -0.4 is 5.32 Å². The van der Waals surface area contributed by atoms with Crippen LogP contribution in [0.4, 0.5) is 0 Å². The van der Waals surface area contributed by atoms with Gasteiger partial charge < -0.3 is 25.5 Å². The number of nitrogens with one attached hydrogen (secondary N) is 1. The summed E-state index contributed by atoms with van der Waals surface area (Å²) >= 11 is 0. The maximum atomic E-state index is 9.52. The Morgan fingerprint density at radius 3 is 2.40 bits per heavy atom. The summed E-state index contributed by atoms with van der Waals surface area (Å²) in [6.45, 7) is -0.158. The second kappa shape index (κ2) is 4.94. The molecule has 0 aliphatic heterocycles. The van der Waals surface area contributed by atoms with E-state index in [1.54, 1.807) is 0 Å². The molecule has 15 heavy (non-hydrogen) atoms. The Labute approximate surface area is 86.0 Å². The van der Waals surface area contributed by atoms with E-state index in [2.05, 4.69) is 5.32 Å². The third-order valence-corrected chi connectivity index (χ3v) is 1.86. The lowest BCUT2D eigenvalue weighted by Gasteiger charge is -2.14. The number of rotatable bonds is 4. The first-order chi connectivity index (χ1) is 7.00. The largest absolute Gasteiger partial charge is 0.508 e. The molecule has 1 atom stereocenters. The fourth-order valence-electron chi connectivity index (χ4n) is 1.14. The number of phenolic OH excluding ortho intramolecular Hbond substituents is 2. The second-order valence-electron chi connectivity index (χ2n) is 3.04. The van der Waals surface area contributed by atoms with Gasteiger partial charge in [-0.15, -0.1) is 0 Å². The Kier molecular flexibility index (Phi) is 3.87. The van der Waals surface area contributed by atoms with Gasteiger partial charge in [-0.25, -0.2) is 0 Å². The van der Waals surface area contributed by atoms with Crippen molar-refractivity contribution in [2.24, 2.45) is 0 Å². The topological polar surface area (TPSA) is 113 Å². The standard InChI is InChI=1S/C9H13NO5/c11-5-1-2-7(12)6(3-5)8(13)4-10-9(14)15/h1-3,8-15H,4H2. The van der Waals surface area contributed by atoms with E-state index in [1.165, 1.54) is 18.2 Å². The molecule has 0 radical (unpaired) electrons. The molecule has 0 amide bonds. The van der Waals surface area contributed by atoms with E-state index in [-0.39, 0.29) is 23.6 Å². The van der Waals surface area contributed by atoms with Crippen molar-refractivity contribution < 1.29 is 25.5 Å². The molecule has 0 fully saturated rings. The zero-order valence-electron chi connectivity index (χ0n) is 7.83. The first-order valence-corrected chi connectivity index (χ1v) is 4.30. The van der Waals surface area contributed by atoms with E-state index < -0.39 is 12.5 Å². The predicted molar refractivity (Wildman–Crippen MR) is 51.0 cm³/mol. The number of hydrogen-bond acceptors (Lipinski definition) is 6. The normalized spacial score (nSPS) is 13.1. The van der Waals surface area contributed by atoms with Crippen LogP contribution in [0.25, 0.3) is 0 Å². The van der Waals surface area contributed by atoms with Gasteiger partial charge in [0, 0.05) is 12.1 Å². The van der Waals surface area contributed by atoms with Crippen molar-refractivity contribution in [2.75, 3.05) is 6.54 Å². The lowest BCUT2D eigenvalue weighted by molar-refractivity contribution is -0.0716. The van der Waals surface area contributed by atoms with Gasteiger partial charge in [0.15, 0.2) is 0 Å². The first kappa shape index (κ1) is 11.7. The lowest BCUT2D eigenvalue weighted by atomic mass is 10.1. The summed E-state index contributed by atoms with van der Waals surface area (Å²) in [5, 5.41) is 47.1. The molecule has 1 aromatic rings. The first-order valence-electron chi connectivity index (χ1n) is 4.30. The van der Waals surface area contributed by atoms with Crippen LogP contribution in [-0.4, -0.2) is 38.5 Å². The van der Waals surface area contributed by atoms with Gasteiger partial charge in [-0.3, -0.25) is 5.32 Å². The van der Waals surface area contributed by atoms with Crippen molar-refractivity contribution in [1.82, 2.24) is 5.32 Å². The van der Waals surface area contributed by atoms with Gasteiger partial charge in [0.1, 0.15) is 11.5 Å². The molecular weight excluding hydrogens is 202 g/mol. The molecule has 84 valence electrons. The van der Waals surface area contributed by atoms with Gasteiger partial charge in [-0.1, -0.05) is 0 Å². The van der Waals surface area contributed by atoms with E-state index in [4.69, 9.17) is 15.3 Å². The van der Waals surface area contributed by atoms with Crippen LogP contribution in [0, 0.1) is 0 Å². The van der Waals surface area contributed by atoms with Crippen LogP contribution in [0.1, 0.15) is 11.7 Å². The van der Waals surface area contributed by atoms with Gasteiger partial charge in [0.05, 0.1) is 6.10 Å². The molecular formula is C9H13NO5. The Bertz CT molecular complexity index is 328. The third kappa shape index (κ3) is 3.37. The number of aromatic hydroxyl groups is 2. The number of aliphatic hydroxyl groups excluding tert-OH is 2. The van der Waals surface area contributed by atoms with Crippen LogP contribution in [0.5, 0.6) is 11.5 Å². The third-order valence-electron chi connectivity index (χ3n) is 1.86. The van der Waals surface area contributed by atoms with E-state index in [0.29, 0.717) is 0 Å². The lowest BCUT2D eigenvalue weighted by Crippen LogP contribution is -2.32. The zero-order chi connectivity index (χ0) is 11.4. The quantitative estimate of drug-likeness (QED) is 0.283. The van der Waals surface area contributed by atoms with Crippen molar-refractivity contribution in [3.63, 3.8) is 0 Å². The Morgan fingerprint density at radius 1 is 1.13 bits per heavy atom. The molecule has 0 aliphatic carbocycles. The van der Waals surface area contributed by atoms with Crippen molar-refractivity contribution in [2.45, 2.75) is 12.5 Å². The average Bonchev–Trinajstić information content (AvgIpc) is 2.18. The summed E-state index contributed by atoms with van der Waals surface area (Å²) in [5.41, 5.74) is 0.114. The van der Waals surface area contributed by atoms with E-state index >= 15 is 0 Å². The summed E-state index contributed by atoms with van der Waals surface area (Å²) in [7, 11) is 0. The molecule has 1 aromatic carbocycles. The molecule has 0 heterocycles. The molecule has 6 heteroatoms. The average molecular weight is 215 g/mol. The van der Waals surface area contributed by atoms with Gasteiger partial charge in [0.25, 0.3) is 0 Å². The number of aliphatic hydroxyl groups is 3. The number of hydrogen-bond donors (Lipinski definition) is 6. The van der Waals surface area contributed by atoms with Crippen LogP contribution in [0.3, 0.4) is 0 Å². The van der Waals surface area contributed by atoms with Crippen LogP contribution in [-0.2, 0) is 0 Å². The van der Waals surface area contributed by atoms with Crippen LogP contribution in [0.2, 0.25) is 0 Å². The highest BCUT2D eigenvalue weighted by Gasteiger charge is 2.13. The van der Waals surface area contributed by atoms with Gasteiger partial charge in [-0.05, 0) is 18.2 Å². The number of phenols is 2. The van der Waals surface area contributed by atoms with Crippen molar-refractivity contribution in [3.05, 3.63) is 23.8 Å². The molecule has 0 aromatic heterocycles. The molecule has 0 saturated heterocycles. The molecule has 6 nitrogen and oxygen atoms in total. The molecule has 0 aliphatic rings. The number of benzene rings is 1. The van der Waals surface area contributed by atoms with E-state index in [0.717, 1.165) is 0 Å². The zero-order valence-corrected chi connectivity index (χ0v) is 7.83. The van der Waals surface area contributed by atoms with Crippen molar-refractivity contribution >= 4 is 0 Å². The Balaban J connectivity index is 2.72. The SMILES string of the molecule is Oc1ccc(O)c(C(O)CNC(O)O)c1. The molecule has 6 N–H and O–H groups in total. The maximum absolute atomic E-state index is 9.52. The Hall–Kier alpha value is -1.34. The van der Waals surface area contributed by atoms with Crippen molar-refractivity contribution in [3.8, 4) is 11.5 Å². The van der Waals surface area contributed by atoms with Crippen LogP contribution >= 0.6 is 0 Å². The Morgan fingerprint density at radius 2 is 1.80 bits per heavy atom. The van der Waals surface area contributed by atoms with Gasteiger partial charge >= 0.3 is 0 Å². The minimum Gasteiger partial charge on any atom is -0.508 e. The highest BCUT2D eigenvalue weighted by atomic mass is 16.5. The van der Waals surface area contributed by atoms with E-state index in [1.807, 2.05) is 0 Å². The van der Waals surface area contributed by atoms with E-state index in [9.17, 15) is 10.2 Å². The highest BCUT2D eigenvalue weighted by Crippen LogP contribution is 2.27. The molecule has 0 saturated carbocycles. The fourth-order valence-corrected chi connectivity index (χ4v) is 1.14. The molecule has 0 spiro atoms. The minimum atomic E-state index is -1.74. The van der Waals surface area contributed by atoms with Gasteiger partial charge in [-0.2, -0.15) is 0 Å². The van der Waals surface area contributed by atoms with Gasteiger partial charge in [0.2, 0.25) is 6.41 Å². The summed E-state index contributed by atoms with van der Waals surface area (Å²) in [5.74, 6) is -0.263. The summed E-state index contributed by atoms with van der Waals surface area (Å²) < 4.78 is 0.